The summed E-state index contributed by atoms with van der Waals surface area (Å²) in [6.07, 6.45) is 6.49. The first kappa shape index (κ1) is 21.3. The molecule has 0 aliphatic carbocycles. The Hall–Kier alpha value is -2.01. The van der Waals surface area contributed by atoms with Gasteiger partial charge in [-0.2, -0.15) is 0 Å². The maximum Gasteiger partial charge on any atom is 0.236 e. The number of hydrazine groups is 1. The standard InChI is InChI=1S/C22H32N2O3/c1-22(2,20(26)18-25)14-17-23-15-8-9-16-24(23)21(27)13-7-6-12-19-10-4-3-5-11-19/h3-5,10-11,18H,6-9,12-17H2,1-2H3. The minimum absolute atomic E-state index is 0.169. The molecule has 1 fully saturated rings. The lowest BCUT2D eigenvalue weighted by molar-refractivity contribution is -0.154. The largest absolute Gasteiger partial charge is 0.295 e. The lowest BCUT2D eigenvalue weighted by Gasteiger charge is -2.40. The SMILES string of the molecule is CC(C)(CCN1CCCCN1C(=O)CCCCc1ccccc1)C(=O)C=O. The predicted octanol–water partition coefficient (Wildman–Crippen LogP) is 3.42. The number of hydrogen-bond donors (Lipinski definition) is 0. The summed E-state index contributed by atoms with van der Waals surface area (Å²) in [4.78, 5) is 35.2. The van der Waals surface area contributed by atoms with Crippen LogP contribution in [0.2, 0.25) is 0 Å². The fourth-order valence-corrected chi connectivity index (χ4v) is 3.40. The molecule has 2 rings (SSSR count). The van der Waals surface area contributed by atoms with Crippen LogP contribution in [0.3, 0.4) is 0 Å². The molecular formula is C22H32N2O3. The van der Waals surface area contributed by atoms with Gasteiger partial charge in [0, 0.05) is 31.5 Å². The zero-order valence-corrected chi connectivity index (χ0v) is 16.7. The van der Waals surface area contributed by atoms with E-state index in [1.165, 1.54) is 5.56 Å². The number of nitrogens with zero attached hydrogens (tertiary/aromatic N) is 2. The summed E-state index contributed by atoms with van der Waals surface area (Å²) in [7, 11) is 0. The van der Waals surface area contributed by atoms with Crippen LogP contribution in [-0.4, -0.2) is 47.6 Å². The van der Waals surface area contributed by atoms with Gasteiger partial charge in [-0.1, -0.05) is 44.2 Å². The number of carbonyl (C=O) groups is 3. The number of hydrogen-bond acceptors (Lipinski definition) is 4. The van der Waals surface area contributed by atoms with Crippen molar-refractivity contribution >= 4 is 18.0 Å². The Bertz CT molecular complexity index is 628. The van der Waals surface area contributed by atoms with Crippen molar-refractivity contribution in [2.75, 3.05) is 19.6 Å². The fraction of sp³-hybridized carbons (Fsp3) is 0.591. The van der Waals surface area contributed by atoms with Gasteiger partial charge in [-0.25, -0.2) is 5.01 Å². The topological polar surface area (TPSA) is 57.7 Å². The van der Waals surface area contributed by atoms with Crippen molar-refractivity contribution in [3.8, 4) is 0 Å². The first-order valence-corrected chi connectivity index (χ1v) is 10.0. The Morgan fingerprint density at radius 1 is 1.07 bits per heavy atom. The Labute approximate surface area is 162 Å². The van der Waals surface area contributed by atoms with E-state index in [-0.39, 0.29) is 11.7 Å². The summed E-state index contributed by atoms with van der Waals surface area (Å²) >= 11 is 0. The highest BCUT2D eigenvalue weighted by Gasteiger charge is 2.30. The third-order valence-corrected chi connectivity index (χ3v) is 5.38. The van der Waals surface area contributed by atoms with Crippen LogP contribution >= 0.6 is 0 Å². The second-order valence-electron chi connectivity index (χ2n) is 7.99. The number of unbranched alkanes of at least 4 members (excludes halogenated alkanes) is 1. The normalized spacial score (nSPS) is 15.6. The summed E-state index contributed by atoms with van der Waals surface area (Å²) in [6.45, 7) is 5.80. The van der Waals surface area contributed by atoms with E-state index in [1.807, 2.05) is 23.2 Å². The van der Waals surface area contributed by atoms with E-state index >= 15 is 0 Å². The zero-order chi connectivity index (χ0) is 19.7. The van der Waals surface area contributed by atoms with Gasteiger partial charge in [-0.05, 0) is 44.1 Å². The molecular weight excluding hydrogens is 340 g/mol. The summed E-state index contributed by atoms with van der Waals surface area (Å²) < 4.78 is 0. The molecule has 1 aliphatic rings. The van der Waals surface area contributed by atoms with Crippen LogP contribution in [0, 0.1) is 5.41 Å². The molecule has 1 aliphatic heterocycles. The highest BCUT2D eigenvalue weighted by atomic mass is 16.2. The number of rotatable bonds is 10. The van der Waals surface area contributed by atoms with E-state index in [4.69, 9.17) is 0 Å². The smallest absolute Gasteiger partial charge is 0.236 e. The molecule has 5 nitrogen and oxygen atoms in total. The lowest BCUT2D eigenvalue weighted by Crippen LogP contribution is -2.51. The second-order valence-corrected chi connectivity index (χ2v) is 7.99. The van der Waals surface area contributed by atoms with E-state index in [0.29, 0.717) is 25.7 Å². The fourth-order valence-electron chi connectivity index (χ4n) is 3.40. The van der Waals surface area contributed by atoms with Crippen LogP contribution < -0.4 is 0 Å². The van der Waals surface area contributed by atoms with E-state index < -0.39 is 5.41 Å². The highest BCUT2D eigenvalue weighted by molar-refractivity contribution is 6.27. The average Bonchev–Trinajstić information content (AvgIpc) is 2.70. The molecule has 0 atom stereocenters. The van der Waals surface area contributed by atoms with Crippen LogP contribution in [0.5, 0.6) is 0 Å². The van der Waals surface area contributed by atoms with Crippen LogP contribution in [0.25, 0.3) is 0 Å². The number of carbonyl (C=O) groups excluding carboxylic acids is 3. The minimum atomic E-state index is -0.677. The van der Waals surface area contributed by atoms with Gasteiger partial charge in [0.25, 0.3) is 0 Å². The van der Waals surface area contributed by atoms with E-state index in [2.05, 4.69) is 17.1 Å². The third kappa shape index (κ3) is 6.58. The molecule has 1 amide bonds. The van der Waals surface area contributed by atoms with Crippen LogP contribution in [-0.2, 0) is 20.8 Å². The highest BCUT2D eigenvalue weighted by Crippen LogP contribution is 2.23. The number of ketones is 1. The van der Waals surface area contributed by atoms with Gasteiger partial charge in [-0.15, -0.1) is 0 Å². The van der Waals surface area contributed by atoms with Gasteiger partial charge in [0.1, 0.15) is 0 Å². The van der Waals surface area contributed by atoms with Crippen LogP contribution in [0.1, 0.15) is 57.9 Å². The average molecular weight is 373 g/mol. The van der Waals surface area contributed by atoms with Crippen molar-refractivity contribution in [3.63, 3.8) is 0 Å². The summed E-state index contributed by atoms with van der Waals surface area (Å²) in [5, 5.41) is 3.94. The number of benzene rings is 1. The van der Waals surface area contributed by atoms with Gasteiger partial charge >= 0.3 is 0 Å². The monoisotopic (exact) mass is 372 g/mol. The zero-order valence-electron chi connectivity index (χ0n) is 16.7. The molecule has 0 spiro atoms. The molecule has 0 radical (unpaired) electrons. The second kappa shape index (κ2) is 10.4. The maximum absolute atomic E-state index is 12.7. The number of aldehydes is 1. The molecule has 0 bridgehead atoms. The quantitative estimate of drug-likeness (QED) is 0.359. The minimum Gasteiger partial charge on any atom is -0.295 e. The van der Waals surface area contributed by atoms with Crippen molar-refractivity contribution < 1.29 is 14.4 Å². The Kier molecular flexibility index (Phi) is 8.17. The van der Waals surface area contributed by atoms with Crippen molar-refractivity contribution in [3.05, 3.63) is 35.9 Å². The van der Waals surface area contributed by atoms with Crippen LogP contribution in [0.15, 0.2) is 30.3 Å². The molecule has 1 heterocycles. The molecule has 0 aromatic heterocycles. The van der Waals surface area contributed by atoms with Gasteiger partial charge < -0.3 is 0 Å². The molecule has 5 heteroatoms. The van der Waals surface area contributed by atoms with Crippen LogP contribution in [0.4, 0.5) is 0 Å². The molecule has 0 unspecified atom stereocenters. The Morgan fingerprint density at radius 3 is 2.48 bits per heavy atom. The molecule has 1 aromatic rings. The van der Waals surface area contributed by atoms with Crippen molar-refractivity contribution in [1.29, 1.82) is 0 Å². The molecule has 0 N–H and O–H groups in total. The summed E-state index contributed by atoms with van der Waals surface area (Å²) in [5.41, 5.74) is 0.635. The first-order valence-electron chi connectivity index (χ1n) is 10.0. The number of amides is 1. The molecule has 0 saturated carbocycles. The van der Waals surface area contributed by atoms with Crippen molar-refractivity contribution in [1.82, 2.24) is 10.0 Å². The van der Waals surface area contributed by atoms with E-state index in [0.717, 1.165) is 45.2 Å². The summed E-state index contributed by atoms with van der Waals surface area (Å²) in [6, 6.07) is 10.3. The van der Waals surface area contributed by atoms with Gasteiger partial charge in [0.2, 0.25) is 11.7 Å². The molecule has 148 valence electrons. The van der Waals surface area contributed by atoms with Gasteiger partial charge in [-0.3, -0.25) is 19.4 Å². The lowest BCUT2D eigenvalue weighted by atomic mass is 9.85. The van der Waals surface area contributed by atoms with E-state index in [9.17, 15) is 14.4 Å². The van der Waals surface area contributed by atoms with E-state index in [1.54, 1.807) is 13.8 Å². The Balaban J connectivity index is 1.80. The molecule has 1 aromatic carbocycles. The molecule has 27 heavy (non-hydrogen) atoms. The number of aryl methyl sites for hydroxylation is 1. The van der Waals surface area contributed by atoms with Crippen molar-refractivity contribution in [2.24, 2.45) is 5.41 Å². The first-order chi connectivity index (χ1) is 12.9. The van der Waals surface area contributed by atoms with Crippen molar-refractivity contribution in [2.45, 2.75) is 58.8 Å². The molecule has 1 saturated heterocycles. The summed E-state index contributed by atoms with van der Waals surface area (Å²) in [5.74, 6) is -0.208. The van der Waals surface area contributed by atoms with Gasteiger partial charge in [0.15, 0.2) is 6.29 Å². The maximum atomic E-state index is 12.7. The van der Waals surface area contributed by atoms with Gasteiger partial charge in [0.05, 0.1) is 0 Å². The Morgan fingerprint density at radius 2 is 1.78 bits per heavy atom. The number of Topliss-reactive ketones (excluding diaryl/α,β-unsaturated/α-hetero) is 1. The predicted molar refractivity (Wildman–Crippen MR) is 106 cm³/mol. The third-order valence-electron chi connectivity index (χ3n) is 5.38.